The zero-order valence-electron chi connectivity index (χ0n) is 15.2. The molecule has 0 unspecified atom stereocenters. The first-order chi connectivity index (χ1) is 12.6. The van der Waals surface area contributed by atoms with Gasteiger partial charge >= 0.3 is 12.0 Å². The molecule has 142 valence electrons. The Bertz CT molecular complexity index is 603. The van der Waals surface area contributed by atoms with E-state index in [0.717, 1.165) is 50.9 Å². The lowest BCUT2D eigenvalue weighted by molar-refractivity contribution is 0.0696. The van der Waals surface area contributed by atoms with Crippen molar-refractivity contribution < 1.29 is 14.7 Å². The van der Waals surface area contributed by atoms with Gasteiger partial charge in [0.1, 0.15) is 0 Å². The van der Waals surface area contributed by atoms with E-state index in [1.54, 1.807) is 12.1 Å². The number of carboxylic acid groups (broad SMARTS) is 1. The summed E-state index contributed by atoms with van der Waals surface area (Å²) in [5.74, 6) is -0.894. The van der Waals surface area contributed by atoms with Crippen LogP contribution in [0, 0.1) is 0 Å². The summed E-state index contributed by atoms with van der Waals surface area (Å²) in [7, 11) is 0. The molecule has 0 spiro atoms. The van der Waals surface area contributed by atoms with Crippen molar-refractivity contribution in [2.24, 2.45) is 0 Å². The van der Waals surface area contributed by atoms with Crippen molar-refractivity contribution >= 4 is 12.0 Å². The van der Waals surface area contributed by atoms with Crippen LogP contribution in [0.4, 0.5) is 4.79 Å². The van der Waals surface area contributed by atoms with Crippen LogP contribution < -0.4 is 10.6 Å². The minimum absolute atomic E-state index is 0.0143. The summed E-state index contributed by atoms with van der Waals surface area (Å²) < 4.78 is 0. The maximum absolute atomic E-state index is 12.2. The van der Waals surface area contributed by atoms with Crippen LogP contribution >= 0.6 is 0 Å². The Balaban J connectivity index is 1.38. The fourth-order valence-electron chi connectivity index (χ4n) is 3.91. The monoisotopic (exact) mass is 359 g/mol. The number of aromatic carboxylic acids is 1. The number of carboxylic acids is 1. The van der Waals surface area contributed by atoms with Crippen molar-refractivity contribution in [3.8, 4) is 0 Å². The molecule has 2 aliphatic rings. The molecule has 3 N–H and O–H groups in total. The number of likely N-dealkylation sites (tertiary alicyclic amines) is 1. The number of nitrogens with one attached hydrogen (secondary N) is 2. The topological polar surface area (TPSA) is 81.7 Å². The molecule has 0 radical (unpaired) electrons. The molecule has 1 aromatic carbocycles. The van der Waals surface area contributed by atoms with Gasteiger partial charge in [-0.2, -0.15) is 0 Å². The number of amides is 2. The van der Waals surface area contributed by atoms with E-state index in [4.69, 9.17) is 5.11 Å². The SMILES string of the molecule is O=C(NC1CCCCC1)NC1CCN(Cc2ccc(C(=O)O)cc2)CC1. The standard InChI is InChI=1S/C20H29N3O3/c24-19(25)16-8-6-15(7-9-16)14-23-12-10-18(11-13-23)22-20(26)21-17-4-2-1-3-5-17/h6-9,17-18H,1-5,10-14H2,(H,24,25)(H2,21,22,26). The van der Waals surface area contributed by atoms with Gasteiger partial charge in [0.2, 0.25) is 0 Å². The predicted octanol–water partition coefficient (Wildman–Crippen LogP) is 2.98. The smallest absolute Gasteiger partial charge is 0.335 e. The molecule has 3 rings (SSSR count). The summed E-state index contributed by atoms with van der Waals surface area (Å²) >= 11 is 0. The van der Waals surface area contributed by atoms with Gasteiger partial charge in [0.15, 0.2) is 0 Å². The second kappa shape index (κ2) is 9.03. The minimum Gasteiger partial charge on any atom is -0.478 e. The van der Waals surface area contributed by atoms with E-state index in [-0.39, 0.29) is 12.1 Å². The zero-order chi connectivity index (χ0) is 18.4. The van der Waals surface area contributed by atoms with Gasteiger partial charge in [-0.3, -0.25) is 4.90 Å². The number of hydrogen-bond acceptors (Lipinski definition) is 3. The van der Waals surface area contributed by atoms with Crippen LogP contribution in [0.1, 0.15) is 60.9 Å². The first-order valence-corrected chi connectivity index (χ1v) is 9.72. The molecule has 2 amide bonds. The van der Waals surface area contributed by atoms with E-state index in [0.29, 0.717) is 11.6 Å². The quantitative estimate of drug-likeness (QED) is 0.755. The van der Waals surface area contributed by atoms with Gasteiger partial charge in [-0.1, -0.05) is 31.4 Å². The predicted molar refractivity (Wildman–Crippen MR) is 100 cm³/mol. The summed E-state index contributed by atoms with van der Waals surface area (Å²) in [6, 6.07) is 7.64. The molecule has 26 heavy (non-hydrogen) atoms. The van der Waals surface area contributed by atoms with E-state index in [1.165, 1.54) is 19.3 Å². The number of nitrogens with zero attached hydrogens (tertiary/aromatic N) is 1. The summed E-state index contributed by atoms with van der Waals surface area (Å²) in [5.41, 5.74) is 1.44. The van der Waals surface area contributed by atoms with E-state index >= 15 is 0 Å². The molecule has 1 heterocycles. The highest BCUT2D eigenvalue weighted by Crippen LogP contribution is 2.18. The Kier molecular flexibility index (Phi) is 6.50. The average molecular weight is 359 g/mol. The molecule has 2 fully saturated rings. The number of hydrogen-bond donors (Lipinski definition) is 3. The molecule has 0 atom stereocenters. The highest BCUT2D eigenvalue weighted by Gasteiger charge is 2.22. The Morgan fingerprint density at radius 2 is 1.50 bits per heavy atom. The molecule has 1 saturated carbocycles. The molecular formula is C20H29N3O3. The summed E-state index contributed by atoms with van der Waals surface area (Å²) in [4.78, 5) is 25.4. The van der Waals surface area contributed by atoms with Gasteiger partial charge in [-0.15, -0.1) is 0 Å². The first-order valence-electron chi connectivity index (χ1n) is 9.72. The molecular weight excluding hydrogens is 330 g/mol. The third-order valence-electron chi connectivity index (χ3n) is 5.47. The molecule has 0 bridgehead atoms. The molecule has 1 saturated heterocycles. The number of benzene rings is 1. The van der Waals surface area contributed by atoms with Gasteiger partial charge < -0.3 is 15.7 Å². The van der Waals surface area contributed by atoms with Gasteiger partial charge in [-0.05, 0) is 43.4 Å². The molecule has 1 aliphatic heterocycles. The van der Waals surface area contributed by atoms with Crippen molar-refractivity contribution in [1.29, 1.82) is 0 Å². The third-order valence-corrected chi connectivity index (χ3v) is 5.47. The normalized spacial score (nSPS) is 19.8. The summed E-state index contributed by atoms with van der Waals surface area (Å²) in [5, 5.41) is 15.2. The Labute approximate surface area is 155 Å². The summed E-state index contributed by atoms with van der Waals surface area (Å²) in [6.07, 6.45) is 7.83. The number of urea groups is 1. The van der Waals surface area contributed by atoms with Crippen molar-refractivity contribution in [3.05, 3.63) is 35.4 Å². The van der Waals surface area contributed by atoms with E-state index in [1.807, 2.05) is 12.1 Å². The Morgan fingerprint density at radius 1 is 0.923 bits per heavy atom. The zero-order valence-corrected chi connectivity index (χ0v) is 15.2. The minimum atomic E-state index is -0.894. The second-order valence-corrected chi connectivity index (χ2v) is 7.51. The molecule has 1 aliphatic carbocycles. The van der Waals surface area contributed by atoms with Crippen LogP contribution in [0.25, 0.3) is 0 Å². The van der Waals surface area contributed by atoms with Gasteiger partial charge in [0.05, 0.1) is 5.56 Å². The highest BCUT2D eigenvalue weighted by molar-refractivity contribution is 5.87. The van der Waals surface area contributed by atoms with Crippen LogP contribution in [0.5, 0.6) is 0 Å². The largest absolute Gasteiger partial charge is 0.478 e. The van der Waals surface area contributed by atoms with Crippen LogP contribution in [-0.4, -0.2) is 47.2 Å². The third kappa shape index (κ3) is 5.46. The van der Waals surface area contributed by atoms with E-state index in [2.05, 4.69) is 15.5 Å². The number of rotatable bonds is 5. The van der Waals surface area contributed by atoms with Gasteiger partial charge in [0.25, 0.3) is 0 Å². The highest BCUT2D eigenvalue weighted by atomic mass is 16.4. The Hall–Kier alpha value is -2.08. The van der Waals surface area contributed by atoms with Gasteiger partial charge in [-0.25, -0.2) is 9.59 Å². The van der Waals surface area contributed by atoms with Crippen LogP contribution in [0.2, 0.25) is 0 Å². The van der Waals surface area contributed by atoms with E-state index in [9.17, 15) is 9.59 Å². The van der Waals surface area contributed by atoms with Crippen LogP contribution in [0.3, 0.4) is 0 Å². The lowest BCUT2D eigenvalue weighted by Crippen LogP contribution is -2.50. The van der Waals surface area contributed by atoms with E-state index < -0.39 is 5.97 Å². The fourth-order valence-corrected chi connectivity index (χ4v) is 3.91. The van der Waals surface area contributed by atoms with Crippen molar-refractivity contribution in [3.63, 3.8) is 0 Å². The lowest BCUT2D eigenvalue weighted by Gasteiger charge is -2.33. The molecule has 6 nitrogen and oxygen atoms in total. The fraction of sp³-hybridized carbons (Fsp3) is 0.600. The van der Waals surface area contributed by atoms with Crippen molar-refractivity contribution in [2.45, 2.75) is 63.6 Å². The van der Waals surface area contributed by atoms with Crippen molar-refractivity contribution in [1.82, 2.24) is 15.5 Å². The first kappa shape index (κ1) is 18.7. The summed E-state index contributed by atoms with van der Waals surface area (Å²) in [6.45, 7) is 2.70. The Morgan fingerprint density at radius 3 is 2.08 bits per heavy atom. The average Bonchev–Trinajstić information content (AvgIpc) is 2.64. The maximum Gasteiger partial charge on any atom is 0.335 e. The number of carbonyl (C=O) groups is 2. The lowest BCUT2D eigenvalue weighted by atomic mass is 9.96. The molecule has 6 heteroatoms. The van der Waals surface area contributed by atoms with Crippen molar-refractivity contribution in [2.75, 3.05) is 13.1 Å². The maximum atomic E-state index is 12.2. The van der Waals surface area contributed by atoms with Gasteiger partial charge in [0, 0.05) is 31.7 Å². The number of piperidine rings is 1. The molecule has 0 aromatic heterocycles. The van der Waals surface area contributed by atoms with Crippen LogP contribution in [0.15, 0.2) is 24.3 Å². The van der Waals surface area contributed by atoms with Crippen LogP contribution in [-0.2, 0) is 6.54 Å². The molecule has 1 aromatic rings. The number of carbonyl (C=O) groups excluding carboxylic acids is 1. The second-order valence-electron chi connectivity index (χ2n) is 7.51.